The zero-order valence-corrected chi connectivity index (χ0v) is 17.2. The number of nitrogens with two attached hydrogens (primary N) is 2. The zero-order chi connectivity index (χ0) is 23.5. The number of rotatable bonds is 4. The molecule has 0 bridgehead atoms. The summed E-state index contributed by atoms with van der Waals surface area (Å²) in [6.07, 6.45) is -4.69. The monoisotopic (exact) mass is 449 g/mol. The lowest BCUT2D eigenvalue weighted by Gasteiger charge is -2.37. The molecule has 0 saturated carbocycles. The van der Waals surface area contributed by atoms with Crippen LogP contribution in [0.1, 0.15) is 26.3 Å². The molecule has 1 heterocycles. The third-order valence-corrected chi connectivity index (χ3v) is 5.02. The molecule has 1 aliphatic heterocycles. The van der Waals surface area contributed by atoms with Gasteiger partial charge in [-0.05, 0) is 42.5 Å². The predicted molar refractivity (Wildman–Crippen MR) is 113 cm³/mol. The molecule has 2 aromatic carbocycles. The molecular formula is C21H22F3N5O3. The smallest absolute Gasteiger partial charge is 0.418 e. The van der Waals surface area contributed by atoms with Crippen LogP contribution in [0.15, 0.2) is 47.5 Å². The number of anilines is 1. The van der Waals surface area contributed by atoms with Crippen molar-refractivity contribution < 1.29 is 27.5 Å². The van der Waals surface area contributed by atoms with Crippen LogP contribution in [0, 0.1) is 0 Å². The number of carbonyl (C=O) groups excluding carboxylic acids is 2. The van der Waals surface area contributed by atoms with E-state index in [1.165, 1.54) is 24.1 Å². The fourth-order valence-electron chi connectivity index (χ4n) is 3.42. The van der Waals surface area contributed by atoms with Gasteiger partial charge in [-0.2, -0.15) is 18.2 Å². The molecule has 2 amide bonds. The van der Waals surface area contributed by atoms with Crippen LogP contribution in [0.3, 0.4) is 0 Å². The highest BCUT2D eigenvalue weighted by Crippen LogP contribution is 2.38. The van der Waals surface area contributed by atoms with E-state index in [-0.39, 0.29) is 43.3 Å². The van der Waals surface area contributed by atoms with Gasteiger partial charge in [0, 0.05) is 43.0 Å². The summed E-state index contributed by atoms with van der Waals surface area (Å²) in [5, 5.41) is 0. The third kappa shape index (κ3) is 5.10. The lowest BCUT2D eigenvalue weighted by Crippen LogP contribution is -2.49. The maximum Gasteiger partial charge on any atom is 0.418 e. The second-order valence-corrected chi connectivity index (χ2v) is 7.08. The van der Waals surface area contributed by atoms with E-state index in [0.29, 0.717) is 11.3 Å². The van der Waals surface area contributed by atoms with Crippen molar-refractivity contribution in [1.29, 1.82) is 0 Å². The lowest BCUT2D eigenvalue weighted by atomic mass is 10.1. The van der Waals surface area contributed by atoms with Crippen molar-refractivity contribution in [3.8, 4) is 5.75 Å². The minimum Gasteiger partial charge on any atom is -0.497 e. The highest BCUT2D eigenvalue weighted by Gasteiger charge is 2.36. The maximum absolute atomic E-state index is 13.7. The molecule has 0 spiro atoms. The molecule has 32 heavy (non-hydrogen) atoms. The fourth-order valence-corrected chi connectivity index (χ4v) is 3.42. The summed E-state index contributed by atoms with van der Waals surface area (Å²) in [5.74, 6) is -1.09. The molecule has 0 aromatic heterocycles. The highest BCUT2D eigenvalue weighted by atomic mass is 19.4. The van der Waals surface area contributed by atoms with Gasteiger partial charge in [-0.15, -0.1) is 0 Å². The average Bonchev–Trinajstić information content (AvgIpc) is 2.77. The Bertz CT molecular complexity index is 1030. The Kier molecular flexibility index (Phi) is 6.56. The van der Waals surface area contributed by atoms with E-state index < -0.39 is 23.6 Å². The molecule has 0 unspecified atom stereocenters. The number of carbonyl (C=O) groups is 2. The molecule has 3 rings (SSSR count). The molecule has 0 aliphatic carbocycles. The molecule has 1 fully saturated rings. The van der Waals surface area contributed by atoms with Gasteiger partial charge in [-0.1, -0.05) is 0 Å². The van der Waals surface area contributed by atoms with E-state index in [9.17, 15) is 22.8 Å². The van der Waals surface area contributed by atoms with Crippen molar-refractivity contribution in [1.82, 2.24) is 4.90 Å². The first kappa shape index (κ1) is 22.9. The quantitative estimate of drug-likeness (QED) is 0.546. The second-order valence-electron chi connectivity index (χ2n) is 7.08. The van der Waals surface area contributed by atoms with Crippen LogP contribution in [0.4, 0.5) is 18.9 Å². The van der Waals surface area contributed by atoms with E-state index in [0.717, 1.165) is 6.07 Å². The first-order chi connectivity index (χ1) is 15.1. The number of ether oxygens (including phenoxy) is 1. The van der Waals surface area contributed by atoms with Crippen molar-refractivity contribution in [2.45, 2.75) is 6.18 Å². The summed E-state index contributed by atoms with van der Waals surface area (Å²) in [6, 6.07) is 9.82. The normalized spacial score (nSPS) is 14.1. The number of hydrogen-bond acceptors (Lipinski definition) is 4. The summed E-state index contributed by atoms with van der Waals surface area (Å²) in [5.41, 5.74) is 9.42. The predicted octanol–water partition coefficient (Wildman–Crippen LogP) is 2.09. The van der Waals surface area contributed by atoms with Gasteiger partial charge in [0.05, 0.1) is 12.7 Å². The van der Waals surface area contributed by atoms with E-state index >= 15 is 0 Å². The van der Waals surface area contributed by atoms with Gasteiger partial charge in [-0.3, -0.25) is 9.59 Å². The number of amides is 2. The summed E-state index contributed by atoms with van der Waals surface area (Å²) in [4.78, 5) is 31.0. The number of methoxy groups -OCH3 is 1. The topological polar surface area (TPSA) is 114 Å². The van der Waals surface area contributed by atoms with Crippen molar-refractivity contribution >= 4 is 23.5 Å². The molecule has 2 aromatic rings. The van der Waals surface area contributed by atoms with Gasteiger partial charge in [0.15, 0.2) is 5.96 Å². The van der Waals surface area contributed by atoms with E-state index in [2.05, 4.69) is 4.99 Å². The highest BCUT2D eigenvalue weighted by molar-refractivity contribution is 6.02. The number of piperazine rings is 1. The van der Waals surface area contributed by atoms with Gasteiger partial charge in [0.2, 0.25) is 0 Å². The molecule has 170 valence electrons. The summed E-state index contributed by atoms with van der Waals surface area (Å²) in [6.45, 7) is 0.895. The van der Waals surface area contributed by atoms with Crippen molar-refractivity contribution in [2.75, 3.05) is 38.2 Å². The molecule has 4 N–H and O–H groups in total. The molecule has 0 atom stereocenters. The number of aliphatic imine (C=N–C) groups is 1. The third-order valence-electron chi connectivity index (χ3n) is 5.02. The molecule has 1 saturated heterocycles. The largest absolute Gasteiger partial charge is 0.497 e. The van der Waals surface area contributed by atoms with Crippen molar-refractivity contribution in [2.24, 2.45) is 16.5 Å². The van der Waals surface area contributed by atoms with Crippen LogP contribution in [-0.2, 0) is 6.18 Å². The summed E-state index contributed by atoms with van der Waals surface area (Å²) in [7, 11) is 1.52. The summed E-state index contributed by atoms with van der Waals surface area (Å²) >= 11 is 0. The number of nitrogens with zero attached hydrogens (tertiary/aromatic N) is 3. The van der Waals surface area contributed by atoms with Crippen LogP contribution >= 0.6 is 0 Å². The Balaban J connectivity index is 1.77. The Morgan fingerprint density at radius 2 is 1.56 bits per heavy atom. The first-order valence-electron chi connectivity index (χ1n) is 9.63. The van der Waals surface area contributed by atoms with Crippen LogP contribution in [0.5, 0.6) is 5.75 Å². The minimum absolute atomic E-state index is 0.0738. The molecule has 1 aliphatic rings. The Morgan fingerprint density at radius 3 is 2.09 bits per heavy atom. The minimum atomic E-state index is -4.69. The number of alkyl halides is 3. The van der Waals surface area contributed by atoms with Gasteiger partial charge >= 0.3 is 6.18 Å². The second kappa shape index (κ2) is 9.16. The number of benzene rings is 2. The average molecular weight is 449 g/mol. The SMILES string of the molecule is COc1ccc(C(=O)N2CCN(c3ccc(C(=O)N=C(N)N)cc3C(F)(F)F)CC2)cc1. The van der Waals surface area contributed by atoms with Crippen LogP contribution in [-0.4, -0.2) is 56.0 Å². The van der Waals surface area contributed by atoms with E-state index in [4.69, 9.17) is 16.2 Å². The number of hydrogen-bond donors (Lipinski definition) is 2. The Hall–Kier alpha value is -3.76. The molecule has 0 radical (unpaired) electrons. The van der Waals surface area contributed by atoms with Crippen molar-refractivity contribution in [3.63, 3.8) is 0 Å². The zero-order valence-electron chi connectivity index (χ0n) is 17.2. The molecular weight excluding hydrogens is 427 g/mol. The van der Waals surface area contributed by atoms with Gasteiger partial charge in [0.1, 0.15) is 5.75 Å². The molecule has 11 heteroatoms. The Labute approximate surface area is 182 Å². The van der Waals surface area contributed by atoms with E-state index in [1.807, 2.05) is 0 Å². The van der Waals surface area contributed by atoms with Gasteiger partial charge in [-0.25, -0.2) is 0 Å². The van der Waals surface area contributed by atoms with Crippen LogP contribution < -0.4 is 21.1 Å². The van der Waals surface area contributed by atoms with Crippen molar-refractivity contribution in [3.05, 3.63) is 59.2 Å². The first-order valence-corrected chi connectivity index (χ1v) is 9.63. The van der Waals surface area contributed by atoms with Gasteiger partial charge in [0.25, 0.3) is 11.8 Å². The Morgan fingerprint density at radius 1 is 0.969 bits per heavy atom. The van der Waals surface area contributed by atoms with Gasteiger partial charge < -0.3 is 26.0 Å². The number of halogens is 3. The maximum atomic E-state index is 13.7. The lowest BCUT2D eigenvalue weighted by molar-refractivity contribution is -0.137. The standard InChI is InChI=1S/C21H22F3N5O3/c1-32-15-5-2-13(3-6-15)19(31)29-10-8-28(9-11-29)17-7-4-14(18(30)27-20(25)26)12-16(17)21(22,23)24/h2-7,12H,8-11H2,1H3,(H4,25,26,27,30). The van der Waals surface area contributed by atoms with E-state index in [1.54, 1.807) is 29.2 Å². The summed E-state index contributed by atoms with van der Waals surface area (Å²) < 4.78 is 46.2. The van der Waals surface area contributed by atoms with Crippen LogP contribution in [0.2, 0.25) is 0 Å². The number of guanidine groups is 1. The fraction of sp³-hybridized carbons (Fsp3) is 0.286. The van der Waals surface area contributed by atoms with Crippen LogP contribution in [0.25, 0.3) is 0 Å². The molecule has 8 nitrogen and oxygen atoms in total.